The summed E-state index contributed by atoms with van der Waals surface area (Å²) in [5, 5.41) is -0.229. The van der Waals surface area contributed by atoms with Crippen LogP contribution in [0.15, 0.2) is 30.3 Å². The minimum absolute atomic E-state index is 0.0466. The van der Waals surface area contributed by atoms with E-state index in [9.17, 15) is 19.2 Å². The Morgan fingerprint density at radius 3 is 2.38 bits per heavy atom. The molecule has 0 N–H and O–H groups in total. The van der Waals surface area contributed by atoms with Crippen LogP contribution in [0.5, 0.6) is 0 Å². The molecule has 2 aliphatic heterocycles. The highest BCUT2D eigenvalue weighted by atomic mass is 32.2. The zero-order valence-electron chi connectivity index (χ0n) is 19.3. The summed E-state index contributed by atoms with van der Waals surface area (Å²) in [5.74, 6) is -1.65. The fourth-order valence-corrected chi connectivity index (χ4v) is 5.65. The molecule has 2 fully saturated rings. The molecule has 32 heavy (non-hydrogen) atoms. The van der Waals surface area contributed by atoms with Crippen molar-refractivity contribution in [2.24, 2.45) is 11.3 Å². The largest absolute Gasteiger partial charge is 0.427 e. The van der Waals surface area contributed by atoms with E-state index in [-0.39, 0.29) is 23.5 Å². The number of amides is 1. The third kappa shape index (κ3) is 5.17. The van der Waals surface area contributed by atoms with Crippen LogP contribution in [0, 0.1) is 11.3 Å². The van der Waals surface area contributed by atoms with Crippen LogP contribution < -0.4 is 0 Å². The van der Waals surface area contributed by atoms with Crippen molar-refractivity contribution in [2.75, 3.05) is 6.79 Å². The second-order valence-corrected chi connectivity index (χ2v) is 11.6. The molecule has 0 radical (unpaired) electrons. The summed E-state index contributed by atoms with van der Waals surface area (Å²) in [6.45, 7) is 8.39. The maximum Gasteiger partial charge on any atom is 0.333 e. The number of β-lactam (4-membered cyclic amide) rings is 1. The third-order valence-corrected chi connectivity index (χ3v) is 7.39. The molecular formula is C24H31NO6S. The van der Waals surface area contributed by atoms with Gasteiger partial charge in [0.25, 0.3) is 0 Å². The van der Waals surface area contributed by atoms with Crippen LogP contribution in [-0.2, 0) is 35.1 Å². The second kappa shape index (κ2) is 9.25. The number of hydrogen-bond acceptors (Lipinski definition) is 7. The summed E-state index contributed by atoms with van der Waals surface area (Å²) >= 11 is 1.51. The van der Waals surface area contributed by atoms with Crippen molar-refractivity contribution in [3.63, 3.8) is 0 Å². The second-order valence-electron chi connectivity index (χ2n) is 9.86. The number of esters is 2. The lowest BCUT2D eigenvalue weighted by Crippen LogP contribution is -2.63. The number of hydrogen-bond donors (Lipinski definition) is 0. The lowest BCUT2D eigenvalue weighted by atomic mass is 9.87. The van der Waals surface area contributed by atoms with Gasteiger partial charge in [0.15, 0.2) is 0 Å². The first kappa shape index (κ1) is 24.3. The Morgan fingerprint density at radius 2 is 1.75 bits per heavy atom. The number of ether oxygens (including phenoxy) is 2. The summed E-state index contributed by atoms with van der Waals surface area (Å²) in [4.78, 5) is 51.4. The Morgan fingerprint density at radius 1 is 1.09 bits per heavy atom. The van der Waals surface area contributed by atoms with Crippen molar-refractivity contribution in [3.8, 4) is 0 Å². The van der Waals surface area contributed by atoms with E-state index in [4.69, 9.17) is 9.47 Å². The topological polar surface area (TPSA) is 90.0 Å². The first-order chi connectivity index (χ1) is 14.9. The molecule has 1 aromatic rings. The predicted molar refractivity (Wildman–Crippen MR) is 120 cm³/mol. The van der Waals surface area contributed by atoms with Crippen molar-refractivity contribution < 1.29 is 28.7 Å². The van der Waals surface area contributed by atoms with Gasteiger partial charge in [-0.2, -0.15) is 0 Å². The van der Waals surface area contributed by atoms with Gasteiger partial charge < -0.3 is 14.4 Å². The van der Waals surface area contributed by atoms with Gasteiger partial charge >= 0.3 is 11.9 Å². The van der Waals surface area contributed by atoms with Gasteiger partial charge in [-0.1, -0.05) is 30.3 Å². The van der Waals surface area contributed by atoms with E-state index < -0.39 is 40.9 Å². The molecule has 2 heterocycles. The van der Waals surface area contributed by atoms with Crippen LogP contribution in [0.1, 0.15) is 53.0 Å². The Kier molecular flexibility index (Phi) is 7.03. The predicted octanol–water partition coefficient (Wildman–Crippen LogP) is 3.35. The smallest absolute Gasteiger partial charge is 0.333 e. The molecule has 7 nitrogen and oxygen atoms in total. The van der Waals surface area contributed by atoms with Crippen LogP contribution in [-0.4, -0.2) is 51.5 Å². The first-order valence-corrected chi connectivity index (χ1v) is 11.7. The lowest BCUT2D eigenvalue weighted by Gasteiger charge is -2.43. The van der Waals surface area contributed by atoms with Crippen molar-refractivity contribution in [3.05, 3.63) is 35.9 Å². The van der Waals surface area contributed by atoms with E-state index in [1.165, 1.54) is 16.7 Å². The highest BCUT2D eigenvalue weighted by Gasteiger charge is 2.64. The summed E-state index contributed by atoms with van der Waals surface area (Å²) in [7, 11) is 0. The number of thioether (sulfide) groups is 1. The molecule has 3 rings (SSSR count). The number of ketones is 1. The van der Waals surface area contributed by atoms with Crippen molar-refractivity contribution >= 4 is 35.4 Å². The van der Waals surface area contributed by atoms with Gasteiger partial charge in [0.05, 0.1) is 16.7 Å². The van der Waals surface area contributed by atoms with Crippen LogP contribution in [0.25, 0.3) is 0 Å². The average molecular weight is 462 g/mol. The minimum atomic E-state index is -0.783. The van der Waals surface area contributed by atoms with Gasteiger partial charge in [-0.05, 0) is 46.6 Å². The van der Waals surface area contributed by atoms with E-state index >= 15 is 0 Å². The molecule has 2 saturated heterocycles. The zero-order chi connectivity index (χ0) is 23.7. The van der Waals surface area contributed by atoms with Crippen molar-refractivity contribution in [2.45, 2.75) is 70.0 Å². The number of Topliss-reactive ketones (excluding diaryl/α,β-unsaturated/α-hetero) is 1. The van der Waals surface area contributed by atoms with E-state index in [2.05, 4.69) is 0 Å². The highest BCUT2D eigenvalue weighted by Crippen LogP contribution is 2.54. The van der Waals surface area contributed by atoms with Crippen molar-refractivity contribution in [1.29, 1.82) is 0 Å². The molecule has 1 amide bonds. The molecule has 0 saturated carbocycles. The minimum Gasteiger partial charge on any atom is -0.427 e. The van der Waals surface area contributed by atoms with E-state index in [0.717, 1.165) is 5.56 Å². The Labute approximate surface area is 193 Å². The Bertz CT molecular complexity index is 892. The molecule has 0 spiro atoms. The first-order valence-electron chi connectivity index (χ1n) is 10.8. The Hall–Kier alpha value is -2.35. The number of fused-ring (bicyclic) bond motifs is 1. The molecule has 3 atom stereocenters. The number of rotatable bonds is 8. The molecule has 0 aliphatic carbocycles. The molecule has 174 valence electrons. The summed E-state index contributed by atoms with van der Waals surface area (Å²) < 4.78 is 9.61. The fraction of sp³-hybridized carbons (Fsp3) is 0.583. The molecule has 0 bridgehead atoms. The normalized spacial score (nSPS) is 23.8. The molecular weight excluding hydrogens is 430 g/mol. The summed E-state index contributed by atoms with van der Waals surface area (Å²) in [6, 6.07) is 8.99. The van der Waals surface area contributed by atoms with Gasteiger partial charge in [-0.3, -0.25) is 14.4 Å². The quantitative estimate of drug-likeness (QED) is 0.333. The standard InChI is InChI=1S/C24H31NO6S/c1-23(2,3)22(29)31-14-30-21(28)18-24(4,5)32-20-17(19(27)25(18)20)13-16(26)12-11-15-9-7-6-8-10-15/h6-10,17-18,20H,11-14H2,1-5H3/t17-,18-,20+/m0/s1. The van der Waals surface area contributed by atoms with Gasteiger partial charge in [-0.25, -0.2) is 4.79 Å². The van der Waals surface area contributed by atoms with Gasteiger partial charge in [0.1, 0.15) is 11.8 Å². The van der Waals surface area contributed by atoms with Gasteiger partial charge in [-0.15, -0.1) is 11.8 Å². The number of benzene rings is 1. The van der Waals surface area contributed by atoms with Gasteiger partial charge in [0, 0.05) is 17.6 Å². The van der Waals surface area contributed by atoms with Crippen molar-refractivity contribution in [1.82, 2.24) is 4.90 Å². The maximum absolute atomic E-state index is 12.8. The average Bonchev–Trinajstić information content (AvgIpc) is 2.98. The van der Waals surface area contributed by atoms with Crippen LogP contribution in [0.4, 0.5) is 0 Å². The Balaban J connectivity index is 1.54. The zero-order valence-corrected chi connectivity index (χ0v) is 20.1. The number of aryl methyl sites for hydroxylation is 1. The maximum atomic E-state index is 12.8. The van der Waals surface area contributed by atoms with Gasteiger partial charge in [0.2, 0.25) is 12.7 Å². The molecule has 0 unspecified atom stereocenters. The monoisotopic (exact) mass is 461 g/mol. The van der Waals surface area contributed by atoms with Crippen LogP contribution in [0.3, 0.4) is 0 Å². The number of carbonyl (C=O) groups excluding carboxylic acids is 4. The highest BCUT2D eigenvalue weighted by molar-refractivity contribution is 8.01. The van der Waals surface area contributed by atoms with E-state index in [0.29, 0.717) is 12.8 Å². The number of carbonyl (C=O) groups is 4. The molecule has 1 aromatic carbocycles. The lowest BCUT2D eigenvalue weighted by molar-refractivity contribution is -0.181. The SMILES string of the molecule is CC(C)(C)C(=O)OCOC(=O)[C@@H]1N2C(=O)[C@H](CC(=O)CCc3ccccc3)[C@H]2SC1(C)C. The molecule has 2 aliphatic rings. The fourth-order valence-electron chi connectivity index (χ4n) is 3.97. The van der Waals surface area contributed by atoms with Crippen LogP contribution >= 0.6 is 11.8 Å². The molecule has 0 aromatic heterocycles. The summed E-state index contributed by atoms with van der Waals surface area (Å²) in [5.41, 5.74) is 0.391. The summed E-state index contributed by atoms with van der Waals surface area (Å²) in [6.07, 6.45) is 1.22. The van der Waals surface area contributed by atoms with Crippen LogP contribution in [0.2, 0.25) is 0 Å². The number of nitrogens with zero attached hydrogens (tertiary/aromatic N) is 1. The van der Waals surface area contributed by atoms with E-state index in [1.807, 2.05) is 44.2 Å². The van der Waals surface area contributed by atoms with E-state index in [1.54, 1.807) is 20.8 Å². The third-order valence-electron chi connectivity index (χ3n) is 5.76. The molecule has 8 heteroatoms.